The van der Waals surface area contributed by atoms with Crippen LogP contribution < -0.4 is 15.0 Å². The first-order valence-electron chi connectivity index (χ1n) is 13.9. The summed E-state index contributed by atoms with van der Waals surface area (Å²) in [6, 6.07) is 6.80. The van der Waals surface area contributed by atoms with Crippen LogP contribution in [-0.4, -0.2) is 61.6 Å². The zero-order chi connectivity index (χ0) is 28.4. The van der Waals surface area contributed by atoms with Gasteiger partial charge in [-0.2, -0.15) is 9.37 Å². The van der Waals surface area contributed by atoms with Gasteiger partial charge in [-0.15, -0.1) is 10.2 Å². The summed E-state index contributed by atoms with van der Waals surface area (Å²) in [6.45, 7) is 4.12. The predicted molar refractivity (Wildman–Crippen MR) is 135 cm³/mol. The quantitative estimate of drug-likeness (QED) is 0.469. The first-order valence-corrected chi connectivity index (χ1v) is 12.4. The number of hydrogen-bond donors (Lipinski definition) is 2. The number of pyridine rings is 1. The van der Waals surface area contributed by atoms with Crippen LogP contribution in [0.3, 0.4) is 0 Å². The van der Waals surface area contributed by atoms with Crippen LogP contribution in [0.1, 0.15) is 50.1 Å². The van der Waals surface area contributed by atoms with E-state index < -0.39 is 30.6 Å². The number of anilines is 1. The van der Waals surface area contributed by atoms with Gasteiger partial charge in [0.1, 0.15) is 11.9 Å². The van der Waals surface area contributed by atoms with Crippen molar-refractivity contribution in [1.29, 1.82) is 0 Å². The lowest BCUT2D eigenvalue weighted by atomic mass is 9.82. The minimum atomic E-state index is -2.79. The molecule has 1 saturated carbocycles. The molecule has 2 aromatic heterocycles. The fourth-order valence-corrected chi connectivity index (χ4v) is 6.02. The second-order valence-corrected chi connectivity index (χ2v) is 10.9. The van der Waals surface area contributed by atoms with E-state index in [0.717, 1.165) is 31.7 Å². The molecule has 4 atom stereocenters. The molecule has 2 N–H and O–H groups in total. The van der Waals surface area contributed by atoms with Crippen LogP contribution in [-0.2, 0) is 0 Å². The molecular weight excluding hydrogens is 478 g/mol. The van der Waals surface area contributed by atoms with Crippen LogP contribution in [0.15, 0.2) is 36.5 Å². The molecule has 2 saturated heterocycles. The zero-order valence-electron chi connectivity index (χ0n) is 23.6. The summed E-state index contributed by atoms with van der Waals surface area (Å²) in [5, 5.41) is 23.0. The number of phenols is 1. The lowest BCUT2D eigenvalue weighted by molar-refractivity contribution is 0.0831. The van der Waals surface area contributed by atoms with Gasteiger partial charge in [-0.3, -0.25) is 0 Å². The number of fused-ring (bicyclic) bond motifs is 2. The average Bonchev–Trinajstić information content (AvgIpc) is 3.66. The number of nitrogens with one attached hydrogen (secondary N) is 1. The highest BCUT2D eigenvalue weighted by atomic mass is 19.1. The molecule has 37 heavy (non-hydrogen) atoms. The highest BCUT2D eigenvalue weighted by Crippen LogP contribution is 2.47. The van der Waals surface area contributed by atoms with Crippen molar-refractivity contribution in [3.05, 3.63) is 42.5 Å². The van der Waals surface area contributed by atoms with Gasteiger partial charge in [-0.1, -0.05) is 6.07 Å². The Labute approximate surface area is 218 Å². The molecule has 1 aromatic carbocycles. The number of halogens is 2. The van der Waals surface area contributed by atoms with E-state index in [-0.39, 0.29) is 34.8 Å². The molecule has 6 rings (SSSR count). The molecule has 8 nitrogen and oxygen atoms in total. The third-order valence-electron chi connectivity index (χ3n) is 7.95. The molecule has 1 aliphatic carbocycles. The van der Waals surface area contributed by atoms with E-state index in [2.05, 4.69) is 37.3 Å². The van der Waals surface area contributed by atoms with Gasteiger partial charge in [0, 0.05) is 29.3 Å². The Morgan fingerprint density at radius 2 is 2.00 bits per heavy atom. The topological polar surface area (TPSA) is 96.3 Å². The highest BCUT2D eigenvalue weighted by molar-refractivity contribution is 5.73. The summed E-state index contributed by atoms with van der Waals surface area (Å²) in [4.78, 5) is 9.97. The molecule has 10 heteroatoms. The largest absolute Gasteiger partial charge is 0.507 e. The number of piperidine rings is 1. The van der Waals surface area contributed by atoms with E-state index in [1.165, 1.54) is 12.1 Å². The minimum Gasteiger partial charge on any atom is -0.507 e. The third kappa shape index (κ3) is 4.27. The summed E-state index contributed by atoms with van der Waals surface area (Å²) >= 11 is 0. The van der Waals surface area contributed by atoms with E-state index in [1.807, 2.05) is 6.92 Å². The number of phenolic OH excluding ortho intramolecular Hbond substituents is 1. The second kappa shape index (κ2) is 8.58. The number of hydrogen-bond acceptors (Lipinski definition) is 8. The molecule has 3 aliphatic rings. The average molecular weight is 512 g/mol. The Morgan fingerprint density at radius 3 is 2.70 bits per heavy atom. The van der Waals surface area contributed by atoms with Crippen molar-refractivity contribution in [3.8, 4) is 34.1 Å². The van der Waals surface area contributed by atoms with Gasteiger partial charge in [-0.05, 0) is 69.2 Å². The number of rotatable bonds is 6. The molecule has 2 aliphatic heterocycles. The number of methoxy groups -OCH3 is 1. The van der Waals surface area contributed by atoms with Crippen LogP contribution in [0.5, 0.6) is 11.6 Å². The van der Waals surface area contributed by atoms with E-state index >= 15 is 4.39 Å². The van der Waals surface area contributed by atoms with Gasteiger partial charge >= 0.3 is 0 Å². The number of ether oxygens (including phenoxy) is 1. The maximum absolute atomic E-state index is 15.9. The van der Waals surface area contributed by atoms with Gasteiger partial charge < -0.3 is 20.1 Å². The normalized spacial score (nSPS) is 30.3. The van der Waals surface area contributed by atoms with Gasteiger partial charge in [0.05, 0.1) is 29.0 Å². The Kier molecular flexibility index (Phi) is 4.78. The molecule has 0 spiro atoms. The van der Waals surface area contributed by atoms with Crippen LogP contribution >= 0.6 is 0 Å². The van der Waals surface area contributed by atoms with Gasteiger partial charge in [0.15, 0.2) is 11.6 Å². The molecule has 0 unspecified atom stereocenters. The van der Waals surface area contributed by atoms with Crippen LogP contribution in [0.25, 0.3) is 22.5 Å². The number of alkyl halides is 1. The van der Waals surface area contributed by atoms with Crippen molar-refractivity contribution in [2.24, 2.45) is 0 Å². The SMILES string of the molecule is [2H]C([2H])([2H])Oc1cc(-c2ccc(-c3ncc(N(C4CC4)[C@H]4C[C@]5(C)CC[C@@](C)(N5)[C@H]4F)nn3)c(O)c2)cc(F)n1. The molecule has 4 heterocycles. The summed E-state index contributed by atoms with van der Waals surface area (Å²) in [6.07, 6.45) is 4.82. The molecule has 194 valence electrons. The Balaban J connectivity index is 1.26. The zero-order valence-corrected chi connectivity index (χ0v) is 20.6. The number of benzene rings is 1. The molecular formula is C27H30F2N6O2. The first-order chi connectivity index (χ1) is 18.8. The lowest BCUT2D eigenvalue weighted by Gasteiger charge is -2.48. The van der Waals surface area contributed by atoms with Gasteiger partial charge in [-0.25, -0.2) is 9.37 Å². The molecule has 0 radical (unpaired) electrons. The van der Waals surface area contributed by atoms with Crippen molar-refractivity contribution in [3.63, 3.8) is 0 Å². The molecule has 0 amide bonds. The third-order valence-corrected chi connectivity index (χ3v) is 7.95. The van der Waals surface area contributed by atoms with Crippen molar-refractivity contribution in [2.45, 2.75) is 75.3 Å². The van der Waals surface area contributed by atoms with Gasteiger partial charge in [0.25, 0.3) is 0 Å². The van der Waals surface area contributed by atoms with E-state index in [9.17, 15) is 9.50 Å². The molecule has 3 fully saturated rings. The smallest absolute Gasteiger partial charge is 0.216 e. The summed E-state index contributed by atoms with van der Waals surface area (Å²) in [5.74, 6) is -0.818. The van der Waals surface area contributed by atoms with E-state index in [4.69, 9.17) is 8.85 Å². The Bertz CT molecular complexity index is 1440. The minimum absolute atomic E-state index is 0.124. The maximum Gasteiger partial charge on any atom is 0.216 e. The number of aromatic hydroxyl groups is 1. The first kappa shape index (κ1) is 20.6. The fourth-order valence-electron chi connectivity index (χ4n) is 6.02. The van der Waals surface area contributed by atoms with Crippen molar-refractivity contribution in [1.82, 2.24) is 25.5 Å². The Hall–Kier alpha value is -3.40. The maximum atomic E-state index is 15.9. The van der Waals surface area contributed by atoms with Gasteiger partial charge in [0.2, 0.25) is 11.8 Å². The number of aromatic nitrogens is 4. The van der Waals surface area contributed by atoms with Crippen molar-refractivity contribution < 1.29 is 22.7 Å². The molecule has 2 bridgehead atoms. The summed E-state index contributed by atoms with van der Waals surface area (Å²) < 4.78 is 56.3. The second-order valence-electron chi connectivity index (χ2n) is 10.9. The van der Waals surface area contributed by atoms with E-state index in [0.29, 0.717) is 23.4 Å². The van der Waals surface area contributed by atoms with Crippen LogP contribution in [0.2, 0.25) is 0 Å². The number of nitrogens with zero attached hydrogens (tertiary/aromatic N) is 5. The standard InChI is InChI=1S/C27H30F2N6O2/c1-26-8-9-27(2,34-26)24(29)19(13-26)35(17-5-6-17)22-14-30-25(33-32-22)18-7-4-15(10-20(18)36)16-11-21(28)31-23(12-16)37-3/h4,7,10-12,14,17,19,24,34,36H,5-6,8-9,13H2,1-3H3/t19-,24-,26-,27+/m0/s1/i3D3. The lowest BCUT2D eigenvalue weighted by Crippen LogP contribution is -2.66. The monoisotopic (exact) mass is 511 g/mol. The van der Waals surface area contributed by atoms with Crippen LogP contribution in [0, 0.1) is 5.95 Å². The molecule has 3 aromatic rings. The van der Waals surface area contributed by atoms with E-state index in [1.54, 1.807) is 18.3 Å². The summed E-state index contributed by atoms with van der Waals surface area (Å²) in [7, 11) is -2.79. The fraction of sp³-hybridized carbons (Fsp3) is 0.481. The Morgan fingerprint density at radius 1 is 1.16 bits per heavy atom. The predicted octanol–water partition coefficient (Wildman–Crippen LogP) is 4.43. The van der Waals surface area contributed by atoms with Crippen molar-refractivity contribution >= 4 is 5.82 Å². The van der Waals surface area contributed by atoms with Crippen LogP contribution in [0.4, 0.5) is 14.6 Å². The van der Waals surface area contributed by atoms with Crippen molar-refractivity contribution in [2.75, 3.05) is 11.9 Å². The summed E-state index contributed by atoms with van der Waals surface area (Å²) in [5.41, 5.74) is 0.274. The highest BCUT2D eigenvalue weighted by Gasteiger charge is 2.58.